The molecular weight excluding hydrogens is 222 g/mol. The standard InChI is InChI=1S/C16H25NO/c1-2-14(17)11-13-7-6-10-16(12-13)18-15-8-4-3-5-9-15/h6-7,10,12,14-15H,2-5,8-9,11,17H2,1H3. The van der Waals surface area contributed by atoms with Gasteiger partial charge in [0, 0.05) is 6.04 Å². The van der Waals surface area contributed by atoms with Crippen LogP contribution in [0.3, 0.4) is 0 Å². The Bertz CT molecular complexity index is 358. The highest BCUT2D eigenvalue weighted by Gasteiger charge is 2.14. The van der Waals surface area contributed by atoms with E-state index in [0.717, 1.165) is 18.6 Å². The van der Waals surface area contributed by atoms with Crippen molar-refractivity contribution in [2.75, 3.05) is 0 Å². The summed E-state index contributed by atoms with van der Waals surface area (Å²) in [6.07, 6.45) is 8.79. The van der Waals surface area contributed by atoms with Crippen molar-refractivity contribution in [2.45, 2.75) is 64.0 Å². The maximum Gasteiger partial charge on any atom is 0.119 e. The van der Waals surface area contributed by atoms with Gasteiger partial charge in [-0.2, -0.15) is 0 Å². The predicted molar refractivity (Wildman–Crippen MR) is 75.9 cm³/mol. The average Bonchev–Trinajstić information content (AvgIpc) is 2.40. The van der Waals surface area contributed by atoms with Crippen LogP contribution in [0.5, 0.6) is 5.75 Å². The molecule has 0 aromatic heterocycles. The molecule has 1 aliphatic rings. The van der Waals surface area contributed by atoms with E-state index in [1.165, 1.54) is 37.7 Å². The molecule has 1 atom stereocenters. The summed E-state index contributed by atoms with van der Waals surface area (Å²) in [6.45, 7) is 2.13. The largest absolute Gasteiger partial charge is 0.490 e. The molecule has 1 saturated carbocycles. The van der Waals surface area contributed by atoms with Gasteiger partial charge in [-0.1, -0.05) is 25.5 Å². The summed E-state index contributed by atoms with van der Waals surface area (Å²) in [4.78, 5) is 0. The van der Waals surface area contributed by atoms with Gasteiger partial charge in [0.05, 0.1) is 6.10 Å². The van der Waals surface area contributed by atoms with Crippen molar-refractivity contribution in [3.05, 3.63) is 29.8 Å². The third-order valence-corrected chi connectivity index (χ3v) is 3.78. The van der Waals surface area contributed by atoms with E-state index in [0.29, 0.717) is 6.10 Å². The molecule has 0 aliphatic heterocycles. The van der Waals surface area contributed by atoms with Gasteiger partial charge in [0.1, 0.15) is 5.75 Å². The molecule has 1 aromatic rings. The van der Waals surface area contributed by atoms with Gasteiger partial charge in [0.15, 0.2) is 0 Å². The first kappa shape index (κ1) is 13.4. The lowest BCUT2D eigenvalue weighted by molar-refractivity contribution is 0.155. The molecule has 0 saturated heterocycles. The van der Waals surface area contributed by atoms with Crippen molar-refractivity contribution in [3.63, 3.8) is 0 Å². The normalized spacial score (nSPS) is 18.6. The Morgan fingerprint density at radius 2 is 2.06 bits per heavy atom. The first-order chi connectivity index (χ1) is 8.78. The molecule has 1 aliphatic carbocycles. The topological polar surface area (TPSA) is 35.2 Å². The first-order valence-corrected chi connectivity index (χ1v) is 7.29. The first-order valence-electron chi connectivity index (χ1n) is 7.29. The van der Waals surface area contributed by atoms with Crippen LogP contribution in [0.2, 0.25) is 0 Å². The minimum Gasteiger partial charge on any atom is -0.490 e. The van der Waals surface area contributed by atoms with E-state index in [1.807, 2.05) is 0 Å². The molecule has 1 aromatic carbocycles. The monoisotopic (exact) mass is 247 g/mol. The molecular formula is C16H25NO. The summed E-state index contributed by atoms with van der Waals surface area (Å²) in [7, 11) is 0. The van der Waals surface area contributed by atoms with Gasteiger partial charge in [-0.25, -0.2) is 0 Å². The second kappa shape index (κ2) is 6.79. The summed E-state index contributed by atoms with van der Waals surface area (Å²) in [5.74, 6) is 1.02. The zero-order chi connectivity index (χ0) is 12.8. The minimum atomic E-state index is 0.259. The molecule has 2 nitrogen and oxygen atoms in total. The summed E-state index contributed by atoms with van der Waals surface area (Å²) in [6, 6.07) is 8.70. The molecule has 100 valence electrons. The van der Waals surface area contributed by atoms with Gasteiger partial charge in [0.2, 0.25) is 0 Å². The van der Waals surface area contributed by atoms with Gasteiger partial charge in [-0.05, 0) is 56.2 Å². The van der Waals surface area contributed by atoms with Crippen LogP contribution in [0.25, 0.3) is 0 Å². The Labute approximate surface area is 111 Å². The molecule has 1 fully saturated rings. The molecule has 18 heavy (non-hydrogen) atoms. The van der Waals surface area contributed by atoms with Crippen LogP contribution >= 0.6 is 0 Å². The SMILES string of the molecule is CCC(N)Cc1cccc(OC2CCCCC2)c1. The Hall–Kier alpha value is -1.02. The molecule has 2 heteroatoms. The van der Waals surface area contributed by atoms with E-state index in [4.69, 9.17) is 10.5 Å². The zero-order valence-electron chi connectivity index (χ0n) is 11.4. The fourth-order valence-electron chi connectivity index (χ4n) is 2.57. The lowest BCUT2D eigenvalue weighted by Crippen LogP contribution is -2.22. The third kappa shape index (κ3) is 4.02. The van der Waals surface area contributed by atoms with Crippen molar-refractivity contribution in [1.82, 2.24) is 0 Å². The number of benzene rings is 1. The van der Waals surface area contributed by atoms with Gasteiger partial charge >= 0.3 is 0 Å². The Morgan fingerprint density at radius 1 is 1.28 bits per heavy atom. The van der Waals surface area contributed by atoms with Gasteiger partial charge in [-0.15, -0.1) is 0 Å². The highest BCUT2D eigenvalue weighted by atomic mass is 16.5. The average molecular weight is 247 g/mol. The van der Waals surface area contributed by atoms with Crippen LogP contribution in [-0.4, -0.2) is 12.1 Å². The van der Waals surface area contributed by atoms with Crippen LogP contribution in [-0.2, 0) is 6.42 Å². The van der Waals surface area contributed by atoms with Crippen molar-refractivity contribution in [1.29, 1.82) is 0 Å². The summed E-state index contributed by atoms with van der Waals surface area (Å²) in [5.41, 5.74) is 7.29. The van der Waals surface area contributed by atoms with E-state index in [-0.39, 0.29) is 6.04 Å². The van der Waals surface area contributed by atoms with Crippen LogP contribution in [0.15, 0.2) is 24.3 Å². The highest BCUT2D eigenvalue weighted by molar-refractivity contribution is 5.29. The number of rotatable bonds is 5. The number of hydrogen-bond acceptors (Lipinski definition) is 2. The minimum absolute atomic E-state index is 0.259. The summed E-state index contributed by atoms with van der Waals surface area (Å²) in [5, 5.41) is 0. The molecule has 0 spiro atoms. The fraction of sp³-hybridized carbons (Fsp3) is 0.625. The molecule has 0 heterocycles. The second-order valence-electron chi connectivity index (χ2n) is 5.40. The molecule has 2 N–H and O–H groups in total. The van der Waals surface area contributed by atoms with Crippen molar-refractivity contribution in [3.8, 4) is 5.75 Å². The molecule has 0 amide bonds. The molecule has 2 rings (SSSR count). The van der Waals surface area contributed by atoms with E-state index < -0.39 is 0 Å². The van der Waals surface area contributed by atoms with Gasteiger partial charge in [-0.3, -0.25) is 0 Å². The van der Waals surface area contributed by atoms with Crippen molar-refractivity contribution in [2.24, 2.45) is 5.73 Å². The van der Waals surface area contributed by atoms with E-state index in [9.17, 15) is 0 Å². The summed E-state index contributed by atoms with van der Waals surface area (Å²) < 4.78 is 6.07. The molecule has 1 unspecified atom stereocenters. The molecule has 0 radical (unpaired) electrons. The van der Waals surface area contributed by atoms with Crippen molar-refractivity contribution >= 4 is 0 Å². The van der Waals surface area contributed by atoms with Gasteiger partial charge in [0.25, 0.3) is 0 Å². The van der Waals surface area contributed by atoms with Crippen LogP contribution in [0.4, 0.5) is 0 Å². The second-order valence-corrected chi connectivity index (χ2v) is 5.40. The Morgan fingerprint density at radius 3 is 2.78 bits per heavy atom. The highest BCUT2D eigenvalue weighted by Crippen LogP contribution is 2.24. The zero-order valence-corrected chi connectivity index (χ0v) is 11.4. The number of hydrogen-bond donors (Lipinski definition) is 1. The van der Waals surface area contributed by atoms with Gasteiger partial charge < -0.3 is 10.5 Å². The van der Waals surface area contributed by atoms with E-state index >= 15 is 0 Å². The molecule has 0 bridgehead atoms. The van der Waals surface area contributed by atoms with E-state index in [1.54, 1.807) is 0 Å². The Kier molecular flexibility index (Phi) is 5.06. The third-order valence-electron chi connectivity index (χ3n) is 3.78. The maximum atomic E-state index is 6.07. The predicted octanol–water partition coefficient (Wildman–Crippen LogP) is 3.68. The smallest absolute Gasteiger partial charge is 0.119 e. The van der Waals surface area contributed by atoms with Crippen molar-refractivity contribution < 1.29 is 4.74 Å². The quantitative estimate of drug-likeness (QED) is 0.861. The van der Waals surface area contributed by atoms with Crippen LogP contribution < -0.4 is 10.5 Å². The van der Waals surface area contributed by atoms with Crippen LogP contribution in [0.1, 0.15) is 51.0 Å². The lowest BCUT2D eigenvalue weighted by atomic mass is 9.97. The van der Waals surface area contributed by atoms with E-state index in [2.05, 4.69) is 31.2 Å². The Balaban J connectivity index is 1.93. The fourth-order valence-corrected chi connectivity index (χ4v) is 2.57. The number of nitrogens with two attached hydrogens (primary N) is 1. The van der Waals surface area contributed by atoms with Crippen LogP contribution in [0, 0.1) is 0 Å². The lowest BCUT2D eigenvalue weighted by Gasteiger charge is -2.23. The summed E-state index contributed by atoms with van der Waals surface area (Å²) >= 11 is 0. The maximum absolute atomic E-state index is 6.07. The number of ether oxygens (including phenoxy) is 1.